The van der Waals surface area contributed by atoms with Crippen LogP contribution in [0.15, 0.2) is 200 Å². The lowest BCUT2D eigenvalue weighted by molar-refractivity contribution is 1.14. The van der Waals surface area contributed by atoms with Gasteiger partial charge < -0.3 is 0 Å². The van der Waals surface area contributed by atoms with Crippen LogP contribution in [0.2, 0.25) is 0 Å². The second kappa shape index (κ2) is 14.4. The summed E-state index contributed by atoms with van der Waals surface area (Å²) in [5.74, 6) is 1.53. The summed E-state index contributed by atoms with van der Waals surface area (Å²) in [6, 6.07) is 67.5. The third-order valence-corrected chi connectivity index (χ3v) is 14.3. The van der Waals surface area contributed by atoms with Gasteiger partial charge >= 0.3 is 0 Å². The first kappa shape index (κ1) is 35.9. The van der Waals surface area contributed by atoms with Gasteiger partial charge in [0.2, 0.25) is 0 Å². The van der Waals surface area contributed by atoms with Gasteiger partial charge in [-0.2, -0.15) is 0 Å². The summed E-state index contributed by atoms with van der Waals surface area (Å²) in [4.78, 5) is 22.4. The van der Waals surface area contributed by atoms with Crippen LogP contribution in [0, 0.1) is 0 Å². The van der Waals surface area contributed by atoms with Crippen molar-refractivity contribution in [2.75, 3.05) is 4.90 Å². The normalized spacial score (nSPS) is 11.8. The quantitative estimate of drug-likeness (QED) is 0.156. The number of fused-ring (bicyclic) bond motifs is 8. The predicted octanol–water partition coefficient (Wildman–Crippen LogP) is 15.9. The minimum Gasteiger partial charge on any atom is -0.279 e. The SMILES string of the molecule is c1ccc2cc(-c3ccc4c(ccc5cc(N(c6cc7sc(-c8ccc9ccccc9c8)nc7cn6)c6cc7sc(-c8ccc9ccccc9c8)nc7cn6)ccc54)c3)ccc2c1. The summed E-state index contributed by atoms with van der Waals surface area (Å²) >= 11 is 3.37. The average Bonchev–Trinajstić information content (AvgIpc) is 3.98. The van der Waals surface area contributed by atoms with Crippen LogP contribution in [0.4, 0.5) is 17.3 Å². The van der Waals surface area contributed by atoms with E-state index in [1.165, 1.54) is 59.6 Å². The van der Waals surface area contributed by atoms with Gasteiger partial charge in [0, 0.05) is 28.9 Å². The van der Waals surface area contributed by atoms with Crippen LogP contribution in [0.1, 0.15) is 0 Å². The molecule has 13 aromatic rings. The predicted molar refractivity (Wildman–Crippen MR) is 267 cm³/mol. The number of thiazole rings is 2. The second-order valence-corrected chi connectivity index (χ2v) is 18.0. The topological polar surface area (TPSA) is 54.8 Å². The van der Waals surface area contributed by atoms with Gasteiger partial charge in [-0.3, -0.25) is 4.90 Å². The van der Waals surface area contributed by atoms with Gasteiger partial charge in [-0.1, -0.05) is 140 Å². The molecule has 13 rings (SSSR count). The van der Waals surface area contributed by atoms with Crippen molar-refractivity contribution >= 4 is 114 Å². The maximum Gasteiger partial charge on any atom is 0.140 e. The van der Waals surface area contributed by atoms with Crippen molar-refractivity contribution < 1.29 is 0 Å². The Bertz CT molecular complexity index is 3810. The molecule has 0 radical (unpaired) electrons. The molecule has 0 saturated carbocycles. The highest BCUT2D eigenvalue weighted by molar-refractivity contribution is 7.22. The second-order valence-electron chi connectivity index (χ2n) is 16.0. The number of pyridine rings is 2. The molecule has 63 heavy (non-hydrogen) atoms. The Morgan fingerprint density at radius 3 is 1.25 bits per heavy atom. The number of hydrogen-bond acceptors (Lipinski definition) is 7. The highest BCUT2D eigenvalue weighted by Gasteiger charge is 2.20. The van der Waals surface area contributed by atoms with E-state index in [0.717, 1.165) is 64.3 Å². The molecule has 9 aromatic carbocycles. The molecule has 0 unspecified atom stereocenters. The number of anilines is 3. The molecule has 0 aliphatic rings. The Balaban J connectivity index is 0.922. The van der Waals surface area contributed by atoms with Gasteiger partial charge in [0.1, 0.15) is 32.7 Å². The fourth-order valence-electron chi connectivity index (χ4n) is 8.91. The Labute approximate surface area is 369 Å². The van der Waals surface area contributed by atoms with Crippen LogP contribution in [-0.4, -0.2) is 19.9 Å². The summed E-state index contributed by atoms with van der Waals surface area (Å²) in [6.45, 7) is 0. The molecule has 0 bridgehead atoms. The summed E-state index contributed by atoms with van der Waals surface area (Å²) in [7, 11) is 0. The molecule has 0 amide bonds. The van der Waals surface area contributed by atoms with Gasteiger partial charge in [-0.25, -0.2) is 19.9 Å². The fraction of sp³-hybridized carbons (Fsp3) is 0. The lowest BCUT2D eigenvalue weighted by Crippen LogP contribution is -2.12. The zero-order valence-corrected chi connectivity index (χ0v) is 35.2. The van der Waals surface area contributed by atoms with E-state index >= 15 is 0 Å². The molecule has 0 saturated heterocycles. The highest BCUT2D eigenvalue weighted by atomic mass is 32.1. The molecule has 7 heteroatoms. The van der Waals surface area contributed by atoms with Crippen LogP contribution in [-0.2, 0) is 0 Å². The van der Waals surface area contributed by atoms with Crippen molar-refractivity contribution in [2.24, 2.45) is 0 Å². The number of nitrogens with zero attached hydrogens (tertiary/aromatic N) is 5. The van der Waals surface area contributed by atoms with E-state index in [-0.39, 0.29) is 0 Å². The monoisotopic (exact) mass is 839 g/mol. The van der Waals surface area contributed by atoms with Crippen LogP contribution in [0.3, 0.4) is 0 Å². The molecule has 0 spiro atoms. The molecule has 0 atom stereocenters. The highest BCUT2D eigenvalue weighted by Crippen LogP contribution is 2.41. The fourth-order valence-corrected chi connectivity index (χ4v) is 10.8. The lowest BCUT2D eigenvalue weighted by atomic mass is 9.96. The third-order valence-electron chi connectivity index (χ3n) is 12.1. The molecule has 0 aliphatic carbocycles. The van der Waals surface area contributed by atoms with Crippen molar-refractivity contribution in [3.63, 3.8) is 0 Å². The molecule has 0 N–H and O–H groups in total. The average molecular weight is 840 g/mol. The van der Waals surface area contributed by atoms with Crippen LogP contribution < -0.4 is 4.90 Å². The molecular weight excluding hydrogens is 807 g/mol. The molecule has 5 nitrogen and oxygen atoms in total. The van der Waals surface area contributed by atoms with E-state index in [2.05, 4.69) is 193 Å². The first-order chi connectivity index (χ1) is 31.1. The van der Waals surface area contributed by atoms with Gasteiger partial charge in [0.05, 0.1) is 21.8 Å². The Morgan fingerprint density at radius 2 is 0.730 bits per heavy atom. The smallest absolute Gasteiger partial charge is 0.140 e. The zero-order valence-electron chi connectivity index (χ0n) is 33.6. The number of aromatic nitrogens is 4. The Hall–Kier alpha value is -7.84. The molecule has 4 aromatic heterocycles. The lowest BCUT2D eigenvalue weighted by Gasteiger charge is -2.23. The summed E-state index contributed by atoms with van der Waals surface area (Å²) in [6.07, 6.45) is 3.78. The minimum atomic E-state index is 0.766. The molecular formula is C56H33N5S2. The van der Waals surface area contributed by atoms with Crippen LogP contribution in [0.25, 0.3) is 107 Å². The largest absolute Gasteiger partial charge is 0.279 e. The summed E-state index contributed by atoms with van der Waals surface area (Å²) in [5, 5.41) is 14.0. The first-order valence-electron chi connectivity index (χ1n) is 20.9. The maximum absolute atomic E-state index is 5.08. The molecule has 4 heterocycles. The van der Waals surface area contributed by atoms with E-state index in [1.54, 1.807) is 22.7 Å². The van der Waals surface area contributed by atoms with Gasteiger partial charge in [-0.05, 0) is 101 Å². The number of benzene rings is 9. The van der Waals surface area contributed by atoms with Gasteiger partial charge in [0.25, 0.3) is 0 Å². The number of rotatable bonds is 6. The maximum atomic E-state index is 5.08. The zero-order chi connectivity index (χ0) is 41.4. The van der Waals surface area contributed by atoms with Crippen LogP contribution >= 0.6 is 22.7 Å². The van der Waals surface area contributed by atoms with Crippen molar-refractivity contribution in [3.8, 4) is 32.3 Å². The van der Waals surface area contributed by atoms with Crippen molar-refractivity contribution in [3.05, 3.63) is 200 Å². The molecule has 294 valence electrons. The third kappa shape index (κ3) is 6.28. The molecule has 0 fully saturated rings. The van der Waals surface area contributed by atoms with Crippen LogP contribution in [0.5, 0.6) is 0 Å². The van der Waals surface area contributed by atoms with E-state index in [9.17, 15) is 0 Å². The summed E-state index contributed by atoms with van der Waals surface area (Å²) < 4.78 is 2.11. The number of hydrogen-bond donors (Lipinski definition) is 0. The minimum absolute atomic E-state index is 0.766. The van der Waals surface area contributed by atoms with E-state index in [1.807, 2.05) is 12.4 Å². The van der Waals surface area contributed by atoms with Crippen molar-refractivity contribution in [1.82, 2.24) is 19.9 Å². The van der Waals surface area contributed by atoms with E-state index in [4.69, 9.17) is 19.9 Å². The van der Waals surface area contributed by atoms with Gasteiger partial charge in [0.15, 0.2) is 0 Å². The van der Waals surface area contributed by atoms with E-state index < -0.39 is 0 Å². The van der Waals surface area contributed by atoms with Crippen molar-refractivity contribution in [1.29, 1.82) is 0 Å². The van der Waals surface area contributed by atoms with E-state index in [0.29, 0.717) is 0 Å². The summed E-state index contributed by atoms with van der Waals surface area (Å²) in [5.41, 5.74) is 7.31. The van der Waals surface area contributed by atoms with Crippen molar-refractivity contribution in [2.45, 2.75) is 0 Å². The first-order valence-corrected chi connectivity index (χ1v) is 22.5. The standard InChI is InChI=1S/C56H33N5S2/c1-4-10-37-25-40(16-13-34(37)7-1)41-21-23-47-42(26-41)17-18-43-29-46(22-24-48(43)47)61(53-30-51-49(32-57-53)59-55(62-51)44-19-14-35-8-2-5-11-38(35)27-44)54-31-52-50(33-58-54)60-56(63-52)45-20-15-36-9-3-6-12-39(36)28-45/h1-33H. The Morgan fingerprint density at radius 1 is 0.333 bits per heavy atom. The Kier molecular flexibility index (Phi) is 8.19. The van der Waals surface area contributed by atoms with Gasteiger partial charge in [-0.15, -0.1) is 22.7 Å². The molecule has 0 aliphatic heterocycles.